The summed E-state index contributed by atoms with van der Waals surface area (Å²) < 4.78 is 0. The van der Waals surface area contributed by atoms with Crippen LogP contribution >= 0.6 is 11.3 Å². The zero-order valence-electron chi connectivity index (χ0n) is 10.5. The van der Waals surface area contributed by atoms with Crippen molar-refractivity contribution in [3.05, 3.63) is 22.4 Å². The molecule has 0 bridgehead atoms. The van der Waals surface area contributed by atoms with Gasteiger partial charge >= 0.3 is 0 Å². The van der Waals surface area contributed by atoms with Gasteiger partial charge in [0.2, 0.25) is 0 Å². The van der Waals surface area contributed by atoms with Gasteiger partial charge in [-0.1, -0.05) is 12.5 Å². The van der Waals surface area contributed by atoms with Gasteiger partial charge in [0, 0.05) is 12.5 Å². The van der Waals surface area contributed by atoms with Crippen molar-refractivity contribution >= 4 is 17.1 Å². The molecular formula is C14H21NOS. The van der Waals surface area contributed by atoms with E-state index in [1.165, 1.54) is 25.8 Å². The van der Waals surface area contributed by atoms with Crippen LogP contribution in [-0.2, 0) is 0 Å². The van der Waals surface area contributed by atoms with Gasteiger partial charge in [0.25, 0.3) is 0 Å². The van der Waals surface area contributed by atoms with E-state index in [-0.39, 0.29) is 0 Å². The van der Waals surface area contributed by atoms with Crippen molar-refractivity contribution in [3.63, 3.8) is 0 Å². The van der Waals surface area contributed by atoms with Gasteiger partial charge in [-0.25, -0.2) is 0 Å². The summed E-state index contributed by atoms with van der Waals surface area (Å²) in [5, 5.41) is 1.97. The van der Waals surface area contributed by atoms with Gasteiger partial charge in [-0.15, -0.1) is 11.3 Å². The number of nitrogens with zero attached hydrogens (tertiary/aromatic N) is 1. The normalized spacial score (nSPS) is 21.6. The van der Waals surface area contributed by atoms with E-state index in [1.807, 2.05) is 17.5 Å². The molecule has 17 heavy (non-hydrogen) atoms. The Kier molecular flexibility index (Phi) is 4.75. The number of ketones is 1. The van der Waals surface area contributed by atoms with Gasteiger partial charge in [0.15, 0.2) is 5.78 Å². The molecule has 1 aromatic heterocycles. The largest absolute Gasteiger partial charge is 0.301 e. The second-order valence-electron chi connectivity index (χ2n) is 4.88. The van der Waals surface area contributed by atoms with Gasteiger partial charge < -0.3 is 4.90 Å². The first kappa shape index (κ1) is 12.8. The quantitative estimate of drug-likeness (QED) is 0.745. The lowest BCUT2D eigenvalue weighted by molar-refractivity contribution is 0.0968. The molecule has 0 aromatic carbocycles. The van der Waals surface area contributed by atoms with Crippen molar-refractivity contribution in [2.45, 2.75) is 45.1 Å². The molecule has 0 N–H and O–H groups in total. The monoisotopic (exact) mass is 251 g/mol. The van der Waals surface area contributed by atoms with E-state index in [2.05, 4.69) is 11.8 Å². The highest BCUT2D eigenvalue weighted by Crippen LogP contribution is 2.18. The molecule has 1 unspecified atom stereocenters. The maximum Gasteiger partial charge on any atom is 0.172 e. The number of Topliss-reactive ketones (excluding diaryl/α,β-unsaturated/α-hetero) is 1. The Morgan fingerprint density at radius 1 is 1.53 bits per heavy atom. The molecule has 0 radical (unpaired) electrons. The number of piperidine rings is 1. The number of hydrogen-bond acceptors (Lipinski definition) is 3. The summed E-state index contributed by atoms with van der Waals surface area (Å²) in [6.07, 6.45) is 5.71. The summed E-state index contributed by atoms with van der Waals surface area (Å²) in [4.78, 5) is 15.3. The predicted molar refractivity (Wildman–Crippen MR) is 72.8 cm³/mol. The molecule has 1 fully saturated rings. The molecule has 2 rings (SSSR count). The Balaban J connectivity index is 1.70. The number of thiophene rings is 1. The van der Waals surface area contributed by atoms with E-state index >= 15 is 0 Å². The van der Waals surface area contributed by atoms with Crippen LogP contribution in [0.3, 0.4) is 0 Å². The third-order valence-electron chi connectivity index (χ3n) is 3.59. The van der Waals surface area contributed by atoms with E-state index in [0.29, 0.717) is 18.2 Å². The predicted octanol–water partition coefficient (Wildman–Crippen LogP) is 3.59. The fraction of sp³-hybridized carbons (Fsp3) is 0.643. The van der Waals surface area contributed by atoms with Crippen LogP contribution in [-0.4, -0.2) is 29.8 Å². The fourth-order valence-corrected chi connectivity index (χ4v) is 3.19. The summed E-state index contributed by atoms with van der Waals surface area (Å²) >= 11 is 1.55. The molecule has 1 aromatic rings. The molecule has 2 heterocycles. The topological polar surface area (TPSA) is 20.3 Å². The third-order valence-corrected chi connectivity index (χ3v) is 4.50. The zero-order chi connectivity index (χ0) is 12.1. The minimum atomic E-state index is 0.310. The molecule has 3 heteroatoms. The van der Waals surface area contributed by atoms with Crippen LogP contribution in [0.4, 0.5) is 0 Å². The minimum Gasteiger partial charge on any atom is -0.301 e. The zero-order valence-corrected chi connectivity index (χ0v) is 11.3. The highest BCUT2D eigenvalue weighted by molar-refractivity contribution is 7.12. The first-order valence-electron chi connectivity index (χ1n) is 6.58. The lowest BCUT2D eigenvalue weighted by Crippen LogP contribution is -2.38. The summed E-state index contributed by atoms with van der Waals surface area (Å²) in [5.41, 5.74) is 0. The van der Waals surface area contributed by atoms with Crippen LogP contribution in [0.1, 0.15) is 48.7 Å². The third kappa shape index (κ3) is 3.65. The van der Waals surface area contributed by atoms with Crippen molar-refractivity contribution in [2.75, 3.05) is 13.1 Å². The van der Waals surface area contributed by atoms with Gasteiger partial charge in [0.05, 0.1) is 4.88 Å². The highest BCUT2D eigenvalue weighted by Gasteiger charge is 2.17. The molecule has 0 amide bonds. The Morgan fingerprint density at radius 2 is 2.41 bits per heavy atom. The molecular weight excluding hydrogens is 230 g/mol. The number of hydrogen-bond donors (Lipinski definition) is 0. The smallest absolute Gasteiger partial charge is 0.172 e. The van der Waals surface area contributed by atoms with Crippen molar-refractivity contribution in [3.8, 4) is 0 Å². The molecule has 0 spiro atoms. The van der Waals surface area contributed by atoms with Crippen molar-refractivity contribution in [1.82, 2.24) is 4.90 Å². The van der Waals surface area contributed by atoms with Gasteiger partial charge in [-0.3, -0.25) is 4.79 Å². The van der Waals surface area contributed by atoms with Crippen LogP contribution < -0.4 is 0 Å². The van der Waals surface area contributed by atoms with Crippen LogP contribution in [0.2, 0.25) is 0 Å². The summed E-state index contributed by atoms with van der Waals surface area (Å²) in [5.74, 6) is 0.310. The van der Waals surface area contributed by atoms with E-state index in [9.17, 15) is 4.79 Å². The summed E-state index contributed by atoms with van der Waals surface area (Å²) in [6.45, 7) is 4.60. The lowest BCUT2D eigenvalue weighted by Gasteiger charge is -2.33. The first-order chi connectivity index (χ1) is 8.27. The summed E-state index contributed by atoms with van der Waals surface area (Å²) in [7, 11) is 0. The van der Waals surface area contributed by atoms with Gasteiger partial charge in [0.1, 0.15) is 0 Å². The van der Waals surface area contributed by atoms with Crippen LogP contribution in [0, 0.1) is 0 Å². The molecule has 0 saturated carbocycles. The Bertz CT molecular complexity index is 347. The number of carbonyl (C=O) groups excluding carboxylic acids is 1. The average Bonchev–Trinajstić information content (AvgIpc) is 2.85. The van der Waals surface area contributed by atoms with Gasteiger partial charge in [-0.05, 0) is 50.7 Å². The highest BCUT2D eigenvalue weighted by atomic mass is 32.1. The van der Waals surface area contributed by atoms with Crippen LogP contribution in [0.5, 0.6) is 0 Å². The molecule has 0 aliphatic carbocycles. The molecule has 94 valence electrons. The van der Waals surface area contributed by atoms with Crippen LogP contribution in [0.15, 0.2) is 17.5 Å². The fourth-order valence-electron chi connectivity index (χ4n) is 2.49. The SMILES string of the molecule is CC1CCCCN1CCCC(=O)c1cccs1. The van der Waals surface area contributed by atoms with E-state index in [0.717, 1.165) is 17.8 Å². The number of rotatable bonds is 5. The standard InChI is InChI=1S/C14H21NOS/c1-12-6-2-3-9-15(12)10-4-7-13(16)14-8-5-11-17-14/h5,8,11-12H,2-4,6-7,9-10H2,1H3. The average molecular weight is 251 g/mol. The maximum absolute atomic E-state index is 11.8. The first-order valence-corrected chi connectivity index (χ1v) is 7.46. The second kappa shape index (κ2) is 6.31. The van der Waals surface area contributed by atoms with E-state index < -0.39 is 0 Å². The molecule has 2 nitrogen and oxygen atoms in total. The summed E-state index contributed by atoms with van der Waals surface area (Å²) in [6, 6.07) is 4.58. The molecule has 1 atom stereocenters. The van der Waals surface area contributed by atoms with Crippen LogP contribution in [0.25, 0.3) is 0 Å². The maximum atomic E-state index is 11.8. The number of carbonyl (C=O) groups is 1. The Hall–Kier alpha value is -0.670. The Labute approximate surface area is 108 Å². The Morgan fingerprint density at radius 3 is 3.12 bits per heavy atom. The van der Waals surface area contributed by atoms with Crippen molar-refractivity contribution < 1.29 is 4.79 Å². The molecule has 1 aliphatic rings. The van der Waals surface area contributed by atoms with E-state index in [1.54, 1.807) is 11.3 Å². The molecule has 1 saturated heterocycles. The van der Waals surface area contributed by atoms with Crippen molar-refractivity contribution in [2.24, 2.45) is 0 Å². The lowest BCUT2D eigenvalue weighted by atomic mass is 10.0. The minimum absolute atomic E-state index is 0.310. The van der Waals surface area contributed by atoms with Crippen molar-refractivity contribution in [1.29, 1.82) is 0 Å². The van der Waals surface area contributed by atoms with Gasteiger partial charge in [-0.2, -0.15) is 0 Å². The number of likely N-dealkylation sites (tertiary alicyclic amines) is 1. The molecule has 1 aliphatic heterocycles. The second-order valence-corrected chi connectivity index (χ2v) is 5.83. The van der Waals surface area contributed by atoms with E-state index in [4.69, 9.17) is 0 Å².